The van der Waals surface area contributed by atoms with Gasteiger partial charge in [0.25, 0.3) is 0 Å². The Morgan fingerprint density at radius 3 is 2.50 bits per heavy atom. The maximum atomic E-state index is 11.9. The van der Waals surface area contributed by atoms with Gasteiger partial charge in [-0.25, -0.2) is 4.79 Å². The van der Waals surface area contributed by atoms with E-state index in [1.54, 1.807) is 32.2 Å². The van der Waals surface area contributed by atoms with Crippen LogP contribution in [0.15, 0.2) is 18.2 Å². The molecule has 0 saturated heterocycles. The maximum Gasteiger partial charge on any atom is 0.321 e. The normalized spacial score (nSPS) is 11.5. The van der Waals surface area contributed by atoms with Crippen molar-refractivity contribution in [3.8, 4) is 6.07 Å². The van der Waals surface area contributed by atoms with E-state index in [1.165, 1.54) is 4.90 Å². The third kappa shape index (κ3) is 4.10. The van der Waals surface area contributed by atoms with Crippen molar-refractivity contribution in [1.82, 2.24) is 4.90 Å². The molecule has 0 aliphatic rings. The van der Waals surface area contributed by atoms with Gasteiger partial charge in [-0.15, -0.1) is 0 Å². The smallest absolute Gasteiger partial charge is 0.321 e. The summed E-state index contributed by atoms with van der Waals surface area (Å²) in [5, 5.41) is 12.2. The van der Waals surface area contributed by atoms with E-state index in [2.05, 4.69) is 5.32 Å². The van der Waals surface area contributed by atoms with Crippen molar-refractivity contribution >= 4 is 34.9 Å². The van der Waals surface area contributed by atoms with Crippen molar-refractivity contribution in [3.05, 3.63) is 28.2 Å². The Bertz CT molecular complexity index is 464. The van der Waals surface area contributed by atoms with Crippen LogP contribution in [0.25, 0.3) is 0 Å². The SMILES string of the molecule is CC(CC#N)N(C)C(=O)Nc1cc(Cl)cc(Cl)c1. The molecule has 1 aromatic rings. The first-order valence-electron chi connectivity index (χ1n) is 5.31. The summed E-state index contributed by atoms with van der Waals surface area (Å²) in [6.07, 6.45) is 0.278. The molecule has 1 atom stereocenters. The Hall–Kier alpha value is -1.44. The van der Waals surface area contributed by atoms with Crippen LogP contribution >= 0.6 is 23.2 Å². The Balaban J connectivity index is 2.72. The van der Waals surface area contributed by atoms with Crippen LogP contribution in [0.2, 0.25) is 10.0 Å². The summed E-state index contributed by atoms with van der Waals surface area (Å²) >= 11 is 11.7. The van der Waals surface area contributed by atoms with Crippen LogP contribution in [0.5, 0.6) is 0 Å². The van der Waals surface area contributed by atoms with E-state index in [0.717, 1.165) is 0 Å². The van der Waals surface area contributed by atoms with Crippen LogP contribution in [-0.2, 0) is 0 Å². The highest BCUT2D eigenvalue weighted by Crippen LogP contribution is 2.22. The number of hydrogen-bond donors (Lipinski definition) is 1. The van der Waals surface area contributed by atoms with Crippen LogP contribution in [0.3, 0.4) is 0 Å². The second-order valence-electron chi connectivity index (χ2n) is 3.91. The molecule has 96 valence electrons. The predicted molar refractivity (Wildman–Crippen MR) is 72.9 cm³/mol. The van der Waals surface area contributed by atoms with Gasteiger partial charge in [0.1, 0.15) is 0 Å². The van der Waals surface area contributed by atoms with Gasteiger partial charge in [0, 0.05) is 28.8 Å². The zero-order valence-electron chi connectivity index (χ0n) is 10.1. The second-order valence-corrected chi connectivity index (χ2v) is 4.78. The van der Waals surface area contributed by atoms with E-state index >= 15 is 0 Å². The van der Waals surface area contributed by atoms with Crippen molar-refractivity contribution in [2.45, 2.75) is 19.4 Å². The fraction of sp³-hybridized carbons (Fsp3) is 0.333. The Morgan fingerprint density at radius 1 is 1.44 bits per heavy atom. The Morgan fingerprint density at radius 2 is 2.00 bits per heavy atom. The second kappa shape index (κ2) is 6.48. The summed E-state index contributed by atoms with van der Waals surface area (Å²) in [4.78, 5) is 13.3. The summed E-state index contributed by atoms with van der Waals surface area (Å²) in [6.45, 7) is 1.80. The van der Waals surface area contributed by atoms with Gasteiger partial charge in [-0.1, -0.05) is 23.2 Å². The minimum absolute atomic E-state index is 0.162. The molecule has 0 aliphatic carbocycles. The van der Waals surface area contributed by atoms with Gasteiger partial charge in [-0.05, 0) is 25.1 Å². The van der Waals surface area contributed by atoms with E-state index in [0.29, 0.717) is 15.7 Å². The molecular weight excluding hydrogens is 273 g/mol. The summed E-state index contributed by atoms with van der Waals surface area (Å²) < 4.78 is 0. The summed E-state index contributed by atoms with van der Waals surface area (Å²) in [5.74, 6) is 0. The molecule has 1 aromatic carbocycles. The van der Waals surface area contributed by atoms with E-state index < -0.39 is 0 Å². The molecule has 6 heteroatoms. The molecular formula is C12H13Cl2N3O. The number of anilines is 1. The van der Waals surface area contributed by atoms with Gasteiger partial charge in [0.2, 0.25) is 0 Å². The largest absolute Gasteiger partial charge is 0.324 e. The number of rotatable bonds is 3. The standard InChI is InChI=1S/C12H13Cl2N3O/c1-8(3-4-15)17(2)12(18)16-11-6-9(13)5-10(14)7-11/h5-8H,3H2,1-2H3,(H,16,18). The number of nitrogens with zero attached hydrogens (tertiary/aromatic N) is 2. The number of nitriles is 1. The van der Waals surface area contributed by atoms with Gasteiger partial charge in [-0.2, -0.15) is 5.26 Å². The molecule has 0 radical (unpaired) electrons. The molecule has 2 amide bonds. The predicted octanol–water partition coefficient (Wildman–Crippen LogP) is 3.76. The number of halogens is 2. The zero-order chi connectivity index (χ0) is 13.7. The molecule has 0 aliphatic heterocycles. The van der Waals surface area contributed by atoms with Crippen LogP contribution in [0.1, 0.15) is 13.3 Å². The van der Waals surface area contributed by atoms with Gasteiger partial charge in [-0.3, -0.25) is 0 Å². The van der Waals surface area contributed by atoms with E-state index in [9.17, 15) is 4.79 Å². The molecule has 0 spiro atoms. The van der Waals surface area contributed by atoms with Gasteiger partial charge >= 0.3 is 6.03 Å². The van der Waals surface area contributed by atoms with Gasteiger partial charge < -0.3 is 10.2 Å². The van der Waals surface area contributed by atoms with Crippen molar-refractivity contribution < 1.29 is 4.79 Å². The number of nitrogens with one attached hydrogen (secondary N) is 1. The lowest BCUT2D eigenvalue weighted by Gasteiger charge is -2.23. The summed E-state index contributed by atoms with van der Waals surface area (Å²) in [6, 6.07) is 6.34. The third-order valence-corrected chi connectivity index (χ3v) is 2.92. The highest BCUT2D eigenvalue weighted by Gasteiger charge is 2.15. The number of hydrogen-bond acceptors (Lipinski definition) is 2. The number of amides is 2. The molecule has 4 nitrogen and oxygen atoms in total. The molecule has 0 heterocycles. The van der Waals surface area contributed by atoms with Crippen LogP contribution < -0.4 is 5.32 Å². The third-order valence-electron chi connectivity index (χ3n) is 2.48. The number of urea groups is 1. The molecule has 18 heavy (non-hydrogen) atoms. The Labute approximate surface area is 116 Å². The molecule has 1 rings (SSSR count). The maximum absolute atomic E-state index is 11.9. The quantitative estimate of drug-likeness (QED) is 0.919. The van der Waals surface area contributed by atoms with E-state index in [1.807, 2.05) is 6.07 Å². The number of carbonyl (C=O) groups excluding carboxylic acids is 1. The first kappa shape index (κ1) is 14.6. The Kier molecular flexibility index (Phi) is 5.26. The summed E-state index contributed by atoms with van der Waals surface area (Å²) in [5.41, 5.74) is 0.522. The lowest BCUT2D eigenvalue weighted by Crippen LogP contribution is -2.38. The zero-order valence-corrected chi connectivity index (χ0v) is 11.6. The number of carbonyl (C=O) groups is 1. The van der Waals surface area contributed by atoms with Gasteiger partial charge in [0.05, 0.1) is 12.5 Å². The minimum atomic E-state index is -0.309. The van der Waals surface area contributed by atoms with Crippen molar-refractivity contribution in [2.75, 3.05) is 12.4 Å². The highest BCUT2D eigenvalue weighted by atomic mass is 35.5. The fourth-order valence-electron chi connectivity index (χ4n) is 1.31. The molecule has 0 saturated carbocycles. The molecule has 1 unspecified atom stereocenters. The lowest BCUT2D eigenvalue weighted by molar-refractivity contribution is 0.208. The van der Waals surface area contributed by atoms with Crippen molar-refractivity contribution in [1.29, 1.82) is 5.26 Å². The average molecular weight is 286 g/mol. The number of benzene rings is 1. The van der Waals surface area contributed by atoms with Crippen molar-refractivity contribution in [2.24, 2.45) is 0 Å². The first-order valence-corrected chi connectivity index (χ1v) is 6.06. The minimum Gasteiger partial charge on any atom is -0.324 e. The molecule has 0 bridgehead atoms. The van der Waals surface area contributed by atoms with E-state index in [4.69, 9.17) is 28.5 Å². The highest BCUT2D eigenvalue weighted by molar-refractivity contribution is 6.35. The van der Waals surface area contributed by atoms with E-state index in [-0.39, 0.29) is 18.5 Å². The summed E-state index contributed by atoms with van der Waals surface area (Å²) in [7, 11) is 1.63. The lowest BCUT2D eigenvalue weighted by atomic mass is 10.2. The van der Waals surface area contributed by atoms with Crippen LogP contribution in [0.4, 0.5) is 10.5 Å². The van der Waals surface area contributed by atoms with Gasteiger partial charge in [0.15, 0.2) is 0 Å². The van der Waals surface area contributed by atoms with Crippen molar-refractivity contribution in [3.63, 3.8) is 0 Å². The molecule has 0 fully saturated rings. The first-order chi connectivity index (χ1) is 8.43. The topological polar surface area (TPSA) is 56.1 Å². The monoisotopic (exact) mass is 285 g/mol. The van der Waals surface area contributed by atoms with Crippen LogP contribution in [-0.4, -0.2) is 24.0 Å². The molecule has 0 aromatic heterocycles. The van der Waals surface area contributed by atoms with Crippen LogP contribution in [0, 0.1) is 11.3 Å². The average Bonchev–Trinajstić information content (AvgIpc) is 2.26. The molecule has 1 N–H and O–H groups in total. The fourth-order valence-corrected chi connectivity index (χ4v) is 1.83.